The van der Waals surface area contributed by atoms with Crippen LogP contribution in [0, 0.1) is 5.92 Å². The summed E-state index contributed by atoms with van der Waals surface area (Å²) in [6.07, 6.45) is 8.81. The zero-order chi connectivity index (χ0) is 11.8. The Morgan fingerprint density at radius 1 is 1.12 bits per heavy atom. The molecule has 0 aromatic carbocycles. The van der Waals surface area contributed by atoms with Crippen LogP contribution in [0.4, 0.5) is 0 Å². The fourth-order valence-corrected chi connectivity index (χ4v) is 2.63. The van der Waals surface area contributed by atoms with Gasteiger partial charge in [-0.15, -0.1) is 0 Å². The van der Waals surface area contributed by atoms with Gasteiger partial charge in [0.25, 0.3) is 0 Å². The van der Waals surface area contributed by atoms with Gasteiger partial charge in [0.1, 0.15) is 0 Å². The fraction of sp³-hybridized carbons (Fsp3) is 1.00. The number of rotatable bonds is 6. The molecule has 1 unspecified atom stereocenters. The summed E-state index contributed by atoms with van der Waals surface area (Å²) < 4.78 is 5.79. The molecular weight excluding hydrogens is 198 g/mol. The molecule has 0 heterocycles. The van der Waals surface area contributed by atoms with Gasteiger partial charge in [0.05, 0.1) is 12.7 Å². The summed E-state index contributed by atoms with van der Waals surface area (Å²) in [6.45, 7) is 8.38. The van der Waals surface area contributed by atoms with Crippen molar-refractivity contribution in [3.63, 3.8) is 0 Å². The van der Waals surface area contributed by atoms with Gasteiger partial charge in [-0.2, -0.15) is 0 Å². The van der Waals surface area contributed by atoms with Crippen molar-refractivity contribution in [1.82, 2.24) is 5.32 Å². The summed E-state index contributed by atoms with van der Waals surface area (Å²) in [7, 11) is 0. The van der Waals surface area contributed by atoms with Crippen LogP contribution in [0.15, 0.2) is 0 Å². The first kappa shape index (κ1) is 14.0. The minimum Gasteiger partial charge on any atom is -0.377 e. The molecule has 1 atom stereocenters. The molecule has 0 saturated heterocycles. The fourth-order valence-electron chi connectivity index (χ4n) is 2.63. The van der Waals surface area contributed by atoms with Crippen LogP contribution in [0.5, 0.6) is 0 Å². The molecule has 0 aromatic heterocycles. The molecule has 1 N–H and O–H groups in total. The van der Waals surface area contributed by atoms with Gasteiger partial charge in [-0.3, -0.25) is 0 Å². The lowest BCUT2D eigenvalue weighted by Gasteiger charge is -2.27. The lowest BCUT2D eigenvalue weighted by atomic mass is 9.92. The van der Waals surface area contributed by atoms with E-state index < -0.39 is 0 Å². The maximum absolute atomic E-state index is 5.79. The van der Waals surface area contributed by atoms with Gasteiger partial charge in [0.2, 0.25) is 0 Å². The SMILES string of the molecule is CCNC(COC(C)C)C1CCCCCC1. The third-order valence-corrected chi connectivity index (χ3v) is 3.54. The largest absolute Gasteiger partial charge is 0.377 e. The average molecular weight is 227 g/mol. The predicted octanol–water partition coefficient (Wildman–Crippen LogP) is 3.36. The van der Waals surface area contributed by atoms with Crippen LogP contribution < -0.4 is 5.32 Å². The molecule has 2 nitrogen and oxygen atoms in total. The van der Waals surface area contributed by atoms with Crippen molar-refractivity contribution < 1.29 is 4.74 Å². The van der Waals surface area contributed by atoms with E-state index in [1.165, 1.54) is 38.5 Å². The minimum atomic E-state index is 0.354. The molecule has 0 aromatic rings. The van der Waals surface area contributed by atoms with Crippen LogP contribution in [0.25, 0.3) is 0 Å². The second kappa shape index (κ2) is 8.08. The van der Waals surface area contributed by atoms with Gasteiger partial charge in [-0.1, -0.05) is 32.6 Å². The Bertz CT molecular complexity index is 162. The molecule has 1 rings (SSSR count). The van der Waals surface area contributed by atoms with Crippen molar-refractivity contribution in [1.29, 1.82) is 0 Å². The third kappa shape index (κ3) is 5.31. The summed E-state index contributed by atoms with van der Waals surface area (Å²) in [6, 6.07) is 0.575. The van der Waals surface area contributed by atoms with E-state index in [1.54, 1.807) is 0 Å². The number of ether oxygens (including phenoxy) is 1. The molecule has 1 fully saturated rings. The van der Waals surface area contributed by atoms with Crippen molar-refractivity contribution in [3.8, 4) is 0 Å². The quantitative estimate of drug-likeness (QED) is 0.703. The normalized spacial score (nSPS) is 21.0. The minimum absolute atomic E-state index is 0.354. The van der Waals surface area contributed by atoms with E-state index in [9.17, 15) is 0 Å². The van der Waals surface area contributed by atoms with Gasteiger partial charge in [-0.25, -0.2) is 0 Å². The van der Waals surface area contributed by atoms with Crippen molar-refractivity contribution in [3.05, 3.63) is 0 Å². The maximum atomic E-state index is 5.79. The van der Waals surface area contributed by atoms with Crippen LogP contribution >= 0.6 is 0 Å². The molecule has 0 spiro atoms. The zero-order valence-electron chi connectivity index (χ0n) is 11.3. The van der Waals surface area contributed by atoms with E-state index in [1.807, 2.05) is 0 Å². The summed E-state index contributed by atoms with van der Waals surface area (Å²) in [5, 5.41) is 3.61. The van der Waals surface area contributed by atoms with Crippen molar-refractivity contribution in [2.24, 2.45) is 5.92 Å². The Morgan fingerprint density at radius 3 is 2.25 bits per heavy atom. The highest BCUT2D eigenvalue weighted by Gasteiger charge is 2.22. The molecule has 0 amide bonds. The second-order valence-corrected chi connectivity index (χ2v) is 5.30. The first-order valence-electron chi connectivity index (χ1n) is 7.09. The standard InChI is InChI=1S/C14H29NO/c1-4-15-14(11-16-12(2)3)13-9-7-5-6-8-10-13/h12-15H,4-11H2,1-3H3. The molecule has 2 heteroatoms. The summed E-state index contributed by atoms with van der Waals surface area (Å²) >= 11 is 0. The van der Waals surface area contributed by atoms with Crippen molar-refractivity contribution in [2.75, 3.05) is 13.2 Å². The molecule has 1 aliphatic carbocycles. The van der Waals surface area contributed by atoms with E-state index in [4.69, 9.17) is 4.74 Å². The molecule has 0 aliphatic heterocycles. The molecule has 1 saturated carbocycles. The average Bonchev–Trinajstić information content (AvgIpc) is 2.52. The highest BCUT2D eigenvalue weighted by atomic mass is 16.5. The number of likely N-dealkylation sites (N-methyl/N-ethyl adjacent to an activating group) is 1. The van der Waals surface area contributed by atoms with Gasteiger partial charge in [0.15, 0.2) is 0 Å². The predicted molar refractivity (Wildman–Crippen MR) is 69.7 cm³/mol. The zero-order valence-corrected chi connectivity index (χ0v) is 11.3. The Balaban J connectivity index is 2.39. The molecular formula is C14H29NO. The molecule has 96 valence electrons. The number of nitrogens with one attached hydrogen (secondary N) is 1. The van der Waals surface area contributed by atoms with E-state index in [2.05, 4.69) is 26.1 Å². The first-order valence-corrected chi connectivity index (χ1v) is 7.09. The summed E-state index contributed by atoms with van der Waals surface area (Å²) in [4.78, 5) is 0. The van der Waals surface area contributed by atoms with Gasteiger partial charge >= 0.3 is 0 Å². The molecule has 16 heavy (non-hydrogen) atoms. The molecule has 0 bridgehead atoms. The van der Waals surface area contributed by atoms with Crippen LogP contribution in [-0.4, -0.2) is 25.3 Å². The van der Waals surface area contributed by atoms with Gasteiger partial charge in [0, 0.05) is 6.04 Å². The summed E-state index contributed by atoms with van der Waals surface area (Å²) in [5.74, 6) is 0.834. The lowest BCUT2D eigenvalue weighted by molar-refractivity contribution is 0.0464. The third-order valence-electron chi connectivity index (χ3n) is 3.54. The number of hydrogen-bond donors (Lipinski definition) is 1. The first-order chi connectivity index (χ1) is 7.74. The van der Waals surface area contributed by atoms with E-state index in [0.717, 1.165) is 19.1 Å². The van der Waals surface area contributed by atoms with E-state index in [-0.39, 0.29) is 0 Å². The highest BCUT2D eigenvalue weighted by Crippen LogP contribution is 2.25. The Kier molecular flexibility index (Phi) is 7.06. The van der Waals surface area contributed by atoms with Crippen LogP contribution in [-0.2, 0) is 4.74 Å². The van der Waals surface area contributed by atoms with Crippen LogP contribution in [0.1, 0.15) is 59.3 Å². The van der Waals surface area contributed by atoms with Crippen molar-refractivity contribution >= 4 is 0 Å². The Labute approximate surface area is 101 Å². The Morgan fingerprint density at radius 2 is 1.75 bits per heavy atom. The van der Waals surface area contributed by atoms with Gasteiger partial charge < -0.3 is 10.1 Å². The molecule has 1 aliphatic rings. The van der Waals surface area contributed by atoms with Gasteiger partial charge in [-0.05, 0) is 39.2 Å². The Hall–Kier alpha value is -0.0800. The van der Waals surface area contributed by atoms with Crippen LogP contribution in [0.3, 0.4) is 0 Å². The van der Waals surface area contributed by atoms with Crippen molar-refractivity contribution in [2.45, 2.75) is 71.4 Å². The maximum Gasteiger partial charge on any atom is 0.0625 e. The smallest absolute Gasteiger partial charge is 0.0625 e. The topological polar surface area (TPSA) is 21.3 Å². The summed E-state index contributed by atoms with van der Waals surface area (Å²) in [5.41, 5.74) is 0. The van der Waals surface area contributed by atoms with E-state index >= 15 is 0 Å². The molecule has 0 radical (unpaired) electrons. The number of hydrogen-bond acceptors (Lipinski definition) is 2. The monoisotopic (exact) mass is 227 g/mol. The lowest BCUT2D eigenvalue weighted by Crippen LogP contribution is -2.40. The highest BCUT2D eigenvalue weighted by molar-refractivity contribution is 4.78. The second-order valence-electron chi connectivity index (χ2n) is 5.30. The van der Waals surface area contributed by atoms with E-state index in [0.29, 0.717) is 12.1 Å². The van der Waals surface area contributed by atoms with Crippen LogP contribution in [0.2, 0.25) is 0 Å².